The summed E-state index contributed by atoms with van der Waals surface area (Å²) in [5.74, 6) is 1.37. The number of halogens is 3. The summed E-state index contributed by atoms with van der Waals surface area (Å²) >= 11 is 0. The number of alkyl halides is 3. The van der Waals surface area contributed by atoms with E-state index in [-0.39, 0.29) is 0 Å². The van der Waals surface area contributed by atoms with Crippen LogP contribution in [0.25, 0.3) is 11.3 Å². The maximum atomic E-state index is 12.6. The molecule has 1 aromatic heterocycles. The summed E-state index contributed by atoms with van der Waals surface area (Å²) < 4.78 is 43.6. The van der Waals surface area contributed by atoms with Crippen LogP contribution in [0.3, 0.4) is 0 Å². The summed E-state index contributed by atoms with van der Waals surface area (Å²) in [7, 11) is 0. The second-order valence-corrected chi connectivity index (χ2v) is 4.97. The molecule has 0 aliphatic rings. The van der Waals surface area contributed by atoms with Crippen LogP contribution in [0.2, 0.25) is 0 Å². The van der Waals surface area contributed by atoms with Gasteiger partial charge in [-0.1, -0.05) is 13.0 Å². The molecule has 0 radical (unpaired) electrons. The van der Waals surface area contributed by atoms with Gasteiger partial charge in [0, 0.05) is 5.56 Å². The van der Waals surface area contributed by atoms with E-state index in [1.807, 2.05) is 6.07 Å². The first-order valence-corrected chi connectivity index (χ1v) is 6.89. The zero-order chi connectivity index (χ0) is 15.5. The summed E-state index contributed by atoms with van der Waals surface area (Å²) in [4.78, 5) is 0. The molecule has 2 nitrogen and oxygen atoms in total. The van der Waals surface area contributed by atoms with Crippen molar-refractivity contribution < 1.29 is 17.6 Å². The molecule has 0 amide bonds. The normalized spacial score (nSPS) is 11.9. The largest absolute Gasteiger partial charge is 0.460 e. The zero-order valence-corrected chi connectivity index (χ0v) is 12.1. The van der Waals surface area contributed by atoms with Crippen LogP contribution in [0.1, 0.15) is 30.2 Å². The number of hydrogen-bond donors (Lipinski definition) is 1. The Hall–Kier alpha value is -1.75. The molecule has 0 spiro atoms. The number of nitrogens with one attached hydrogen (secondary N) is 1. The van der Waals surface area contributed by atoms with Crippen molar-refractivity contribution in [3.05, 3.63) is 47.2 Å². The van der Waals surface area contributed by atoms with Crippen LogP contribution in [0.5, 0.6) is 0 Å². The highest BCUT2D eigenvalue weighted by molar-refractivity contribution is 5.62. The number of furan rings is 1. The Balaban J connectivity index is 2.19. The average Bonchev–Trinajstić information content (AvgIpc) is 2.86. The predicted octanol–water partition coefficient (Wildman–Crippen LogP) is 4.77. The quantitative estimate of drug-likeness (QED) is 0.804. The van der Waals surface area contributed by atoms with Crippen LogP contribution in [0.15, 0.2) is 34.7 Å². The van der Waals surface area contributed by atoms with Crippen LogP contribution in [-0.2, 0) is 12.7 Å². The average molecular weight is 297 g/mol. The van der Waals surface area contributed by atoms with Crippen LogP contribution in [0.4, 0.5) is 13.2 Å². The van der Waals surface area contributed by atoms with E-state index < -0.39 is 11.7 Å². The number of hydrogen-bond acceptors (Lipinski definition) is 2. The predicted molar refractivity (Wildman–Crippen MR) is 75.9 cm³/mol. The van der Waals surface area contributed by atoms with Gasteiger partial charge in [0.15, 0.2) is 0 Å². The minimum Gasteiger partial charge on any atom is -0.460 e. The molecule has 0 saturated carbocycles. The summed E-state index contributed by atoms with van der Waals surface area (Å²) in [6, 6.07) is 7.32. The standard InChI is InChI=1S/C16H18F3NO/c1-3-8-20-10-13-5-7-15(21-13)14-6-4-12(9-11(14)2)16(17,18)19/h4-7,9,20H,3,8,10H2,1-2H3. The molecule has 0 unspecified atom stereocenters. The van der Waals surface area contributed by atoms with Gasteiger partial charge >= 0.3 is 6.18 Å². The molecule has 0 aliphatic heterocycles. The lowest BCUT2D eigenvalue weighted by Gasteiger charge is -2.09. The van der Waals surface area contributed by atoms with Crippen LogP contribution >= 0.6 is 0 Å². The van der Waals surface area contributed by atoms with E-state index in [0.29, 0.717) is 23.4 Å². The lowest BCUT2D eigenvalue weighted by atomic mass is 10.0. The maximum Gasteiger partial charge on any atom is 0.416 e. The van der Waals surface area contributed by atoms with Crippen molar-refractivity contribution >= 4 is 0 Å². The lowest BCUT2D eigenvalue weighted by molar-refractivity contribution is -0.137. The Morgan fingerprint density at radius 1 is 1.14 bits per heavy atom. The van der Waals surface area contributed by atoms with E-state index in [9.17, 15) is 13.2 Å². The first-order chi connectivity index (χ1) is 9.91. The van der Waals surface area contributed by atoms with Gasteiger partial charge in [-0.15, -0.1) is 0 Å². The van der Waals surface area contributed by atoms with E-state index in [1.165, 1.54) is 6.07 Å². The van der Waals surface area contributed by atoms with E-state index in [0.717, 1.165) is 30.9 Å². The molecule has 5 heteroatoms. The van der Waals surface area contributed by atoms with Gasteiger partial charge < -0.3 is 9.73 Å². The molecular formula is C16H18F3NO. The molecule has 0 atom stereocenters. The van der Waals surface area contributed by atoms with Crippen molar-refractivity contribution in [2.24, 2.45) is 0 Å². The van der Waals surface area contributed by atoms with Gasteiger partial charge in [0.25, 0.3) is 0 Å². The summed E-state index contributed by atoms with van der Waals surface area (Å²) in [6.45, 7) is 5.25. The molecule has 0 aliphatic carbocycles. The Labute approximate surface area is 122 Å². The third-order valence-electron chi connectivity index (χ3n) is 3.21. The highest BCUT2D eigenvalue weighted by Gasteiger charge is 2.30. The summed E-state index contributed by atoms with van der Waals surface area (Å²) in [5.41, 5.74) is 0.595. The second-order valence-electron chi connectivity index (χ2n) is 4.97. The molecule has 21 heavy (non-hydrogen) atoms. The maximum absolute atomic E-state index is 12.6. The molecule has 114 valence electrons. The molecule has 1 N–H and O–H groups in total. The van der Waals surface area contributed by atoms with E-state index in [1.54, 1.807) is 13.0 Å². The number of benzene rings is 1. The van der Waals surface area contributed by atoms with Gasteiger partial charge in [0.1, 0.15) is 11.5 Å². The Morgan fingerprint density at radius 3 is 2.52 bits per heavy atom. The van der Waals surface area contributed by atoms with Crippen molar-refractivity contribution in [2.45, 2.75) is 33.0 Å². The highest BCUT2D eigenvalue weighted by atomic mass is 19.4. The summed E-state index contributed by atoms with van der Waals surface area (Å²) in [5, 5.41) is 3.22. The van der Waals surface area contributed by atoms with Gasteiger partial charge in [0.05, 0.1) is 12.1 Å². The van der Waals surface area contributed by atoms with Crippen molar-refractivity contribution in [1.82, 2.24) is 5.32 Å². The molecule has 0 saturated heterocycles. The minimum absolute atomic E-state index is 0.548. The molecule has 1 heterocycles. The Morgan fingerprint density at radius 2 is 1.90 bits per heavy atom. The topological polar surface area (TPSA) is 25.2 Å². The van der Waals surface area contributed by atoms with Crippen LogP contribution in [-0.4, -0.2) is 6.54 Å². The monoisotopic (exact) mass is 297 g/mol. The smallest absolute Gasteiger partial charge is 0.416 e. The molecular weight excluding hydrogens is 279 g/mol. The summed E-state index contributed by atoms with van der Waals surface area (Å²) in [6.07, 6.45) is -3.28. The van der Waals surface area contributed by atoms with E-state index in [2.05, 4.69) is 12.2 Å². The fraction of sp³-hybridized carbons (Fsp3) is 0.375. The van der Waals surface area contributed by atoms with E-state index >= 15 is 0 Å². The van der Waals surface area contributed by atoms with Crippen molar-refractivity contribution in [3.63, 3.8) is 0 Å². The van der Waals surface area contributed by atoms with E-state index in [4.69, 9.17) is 4.42 Å². The minimum atomic E-state index is -4.32. The number of aryl methyl sites for hydroxylation is 1. The molecule has 2 rings (SSSR count). The second kappa shape index (κ2) is 6.35. The molecule has 1 aromatic carbocycles. The lowest BCUT2D eigenvalue weighted by Crippen LogP contribution is -2.12. The zero-order valence-electron chi connectivity index (χ0n) is 12.1. The number of rotatable bonds is 5. The van der Waals surface area contributed by atoms with Gasteiger partial charge in [-0.25, -0.2) is 0 Å². The Kier molecular flexibility index (Phi) is 4.73. The Bertz CT molecular complexity index is 602. The third-order valence-corrected chi connectivity index (χ3v) is 3.21. The van der Waals surface area contributed by atoms with Gasteiger partial charge in [-0.2, -0.15) is 13.2 Å². The highest BCUT2D eigenvalue weighted by Crippen LogP contribution is 2.33. The molecule has 0 fully saturated rings. The SMILES string of the molecule is CCCNCc1ccc(-c2ccc(C(F)(F)F)cc2C)o1. The van der Waals surface area contributed by atoms with Crippen LogP contribution in [0, 0.1) is 6.92 Å². The van der Waals surface area contributed by atoms with Gasteiger partial charge in [0.2, 0.25) is 0 Å². The van der Waals surface area contributed by atoms with Crippen LogP contribution < -0.4 is 5.32 Å². The molecule has 2 aromatic rings. The first kappa shape index (κ1) is 15.6. The van der Waals surface area contributed by atoms with Gasteiger partial charge in [-0.05, 0) is 49.7 Å². The van der Waals surface area contributed by atoms with Crippen molar-refractivity contribution in [3.8, 4) is 11.3 Å². The fourth-order valence-corrected chi connectivity index (χ4v) is 2.12. The van der Waals surface area contributed by atoms with Gasteiger partial charge in [-0.3, -0.25) is 0 Å². The molecule has 0 bridgehead atoms. The van der Waals surface area contributed by atoms with Crippen molar-refractivity contribution in [2.75, 3.05) is 6.54 Å². The first-order valence-electron chi connectivity index (χ1n) is 6.89. The third kappa shape index (κ3) is 3.88. The fourth-order valence-electron chi connectivity index (χ4n) is 2.12. The van der Waals surface area contributed by atoms with Crippen molar-refractivity contribution in [1.29, 1.82) is 0 Å².